The molecule has 8 heteroatoms. The Morgan fingerprint density at radius 3 is 2.86 bits per heavy atom. The topological polar surface area (TPSA) is 93.9 Å². The summed E-state index contributed by atoms with van der Waals surface area (Å²) in [4.78, 5) is 16.6. The molecule has 0 radical (unpaired) electrons. The molecule has 0 aliphatic carbocycles. The largest absolute Gasteiger partial charge is 0.462 e. The van der Waals surface area contributed by atoms with E-state index in [2.05, 4.69) is 15.2 Å². The van der Waals surface area contributed by atoms with E-state index >= 15 is 0 Å². The first-order valence-electron chi connectivity index (χ1n) is 6.34. The van der Waals surface area contributed by atoms with Crippen molar-refractivity contribution >= 4 is 35.0 Å². The highest BCUT2D eigenvalue weighted by atomic mass is 35.5. The van der Waals surface area contributed by atoms with Crippen LogP contribution in [0.15, 0.2) is 22.2 Å². The molecule has 0 saturated carbocycles. The van der Waals surface area contributed by atoms with Gasteiger partial charge in [0.2, 0.25) is 5.16 Å². The minimum Gasteiger partial charge on any atom is -0.462 e. The lowest BCUT2D eigenvalue weighted by molar-refractivity contribution is 0.0505. The van der Waals surface area contributed by atoms with E-state index < -0.39 is 5.97 Å². The van der Waals surface area contributed by atoms with Crippen molar-refractivity contribution in [1.29, 1.82) is 0 Å². The number of hydrogen-bond acceptors (Lipinski definition) is 6. The lowest BCUT2D eigenvalue weighted by atomic mass is 10.2. The van der Waals surface area contributed by atoms with Crippen LogP contribution in [0.3, 0.4) is 0 Å². The fraction of sp³-hybridized carbons (Fsp3) is 0.308. The Kier molecular flexibility index (Phi) is 5.08. The summed E-state index contributed by atoms with van der Waals surface area (Å²) in [7, 11) is 0. The van der Waals surface area contributed by atoms with E-state index in [0.717, 1.165) is 6.42 Å². The van der Waals surface area contributed by atoms with E-state index in [-0.39, 0.29) is 0 Å². The van der Waals surface area contributed by atoms with Crippen molar-refractivity contribution in [3.8, 4) is 0 Å². The number of nitrogen functional groups attached to an aromatic ring is 1. The van der Waals surface area contributed by atoms with E-state index in [0.29, 0.717) is 38.8 Å². The zero-order valence-corrected chi connectivity index (χ0v) is 13.2. The summed E-state index contributed by atoms with van der Waals surface area (Å²) < 4.78 is 5.06. The number of nitrogens with two attached hydrogens (primary N) is 1. The van der Waals surface area contributed by atoms with Gasteiger partial charge in [0.15, 0.2) is 0 Å². The number of H-pyrrole nitrogens is 1. The molecular weight excluding hydrogens is 312 g/mol. The van der Waals surface area contributed by atoms with E-state index in [9.17, 15) is 4.79 Å². The highest BCUT2D eigenvalue weighted by Crippen LogP contribution is 2.37. The molecule has 0 amide bonds. The van der Waals surface area contributed by atoms with Crippen molar-refractivity contribution < 1.29 is 9.53 Å². The van der Waals surface area contributed by atoms with Crippen molar-refractivity contribution in [3.63, 3.8) is 0 Å². The van der Waals surface area contributed by atoms with Crippen molar-refractivity contribution in [1.82, 2.24) is 15.2 Å². The monoisotopic (exact) mass is 326 g/mol. The Morgan fingerprint density at radius 2 is 2.29 bits per heavy atom. The van der Waals surface area contributed by atoms with Gasteiger partial charge >= 0.3 is 5.97 Å². The number of hydrogen-bond donors (Lipinski definition) is 2. The van der Waals surface area contributed by atoms with Crippen LogP contribution in [0.5, 0.6) is 0 Å². The third-order valence-corrected chi connectivity index (χ3v) is 3.95. The number of ether oxygens (including phenoxy) is 1. The average Bonchev–Trinajstić information content (AvgIpc) is 2.85. The van der Waals surface area contributed by atoms with Crippen LogP contribution in [0.4, 0.5) is 5.69 Å². The number of esters is 1. The van der Waals surface area contributed by atoms with E-state index in [1.165, 1.54) is 17.8 Å². The van der Waals surface area contributed by atoms with Crippen molar-refractivity contribution in [2.45, 2.75) is 30.3 Å². The van der Waals surface area contributed by atoms with Crippen LogP contribution in [0.1, 0.15) is 29.5 Å². The lowest BCUT2D eigenvalue weighted by Crippen LogP contribution is -2.07. The molecule has 1 aromatic heterocycles. The average molecular weight is 327 g/mol. The third kappa shape index (κ3) is 3.89. The van der Waals surface area contributed by atoms with Crippen LogP contribution in [0.2, 0.25) is 5.02 Å². The van der Waals surface area contributed by atoms with Gasteiger partial charge in [0.1, 0.15) is 5.82 Å². The Labute approximate surface area is 131 Å². The Hall–Kier alpha value is -1.73. The van der Waals surface area contributed by atoms with Crippen LogP contribution < -0.4 is 5.73 Å². The van der Waals surface area contributed by atoms with Gasteiger partial charge < -0.3 is 10.5 Å². The third-order valence-electron chi connectivity index (χ3n) is 2.52. The molecule has 21 heavy (non-hydrogen) atoms. The maximum atomic E-state index is 11.8. The minimum atomic E-state index is -0.435. The van der Waals surface area contributed by atoms with Crippen molar-refractivity contribution in [2.24, 2.45) is 0 Å². The molecule has 0 unspecified atom stereocenters. The predicted octanol–water partition coefficient (Wildman–Crippen LogP) is 3.07. The van der Waals surface area contributed by atoms with Gasteiger partial charge in [-0.25, -0.2) is 9.78 Å². The summed E-state index contributed by atoms with van der Waals surface area (Å²) in [5, 5.41) is 7.64. The molecule has 3 N–H and O–H groups in total. The molecule has 2 rings (SSSR count). The highest BCUT2D eigenvalue weighted by molar-refractivity contribution is 7.99. The van der Waals surface area contributed by atoms with Gasteiger partial charge in [-0.3, -0.25) is 5.10 Å². The normalized spacial score (nSPS) is 10.6. The molecule has 6 nitrogen and oxygen atoms in total. The molecule has 0 bridgehead atoms. The summed E-state index contributed by atoms with van der Waals surface area (Å²) in [6.07, 6.45) is 0.757. The number of rotatable bonds is 5. The molecule has 112 valence electrons. The van der Waals surface area contributed by atoms with Gasteiger partial charge in [0.25, 0.3) is 0 Å². The number of aromatic amines is 1. The predicted molar refractivity (Wildman–Crippen MR) is 81.7 cm³/mol. The summed E-state index contributed by atoms with van der Waals surface area (Å²) in [5.74, 6) is 0.266. The molecule has 0 fully saturated rings. The number of nitrogens with zero attached hydrogens (tertiary/aromatic N) is 2. The summed E-state index contributed by atoms with van der Waals surface area (Å²) >= 11 is 7.43. The second kappa shape index (κ2) is 6.82. The first-order valence-corrected chi connectivity index (χ1v) is 7.53. The molecular formula is C13H15ClN4O2S. The summed E-state index contributed by atoms with van der Waals surface area (Å²) in [5.41, 5.74) is 6.69. The zero-order chi connectivity index (χ0) is 15.4. The molecule has 2 aromatic rings. The van der Waals surface area contributed by atoms with Crippen LogP contribution in [0, 0.1) is 6.92 Å². The Morgan fingerprint density at radius 1 is 1.52 bits per heavy atom. The Balaban J connectivity index is 2.22. The second-order valence-corrected chi connectivity index (χ2v) is 5.70. The molecule has 1 aromatic carbocycles. The number of nitrogens with one attached hydrogen (secondary N) is 1. The highest BCUT2D eigenvalue weighted by Gasteiger charge is 2.15. The number of aromatic nitrogens is 3. The number of aryl methyl sites for hydroxylation is 1. The van der Waals surface area contributed by atoms with Gasteiger partial charge in [0.05, 0.1) is 22.1 Å². The minimum absolute atomic E-state index is 0.335. The van der Waals surface area contributed by atoms with Gasteiger partial charge in [0, 0.05) is 5.69 Å². The van der Waals surface area contributed by atoms with Crippen LogP contribution in [0.25, 0.3) is 0 Å². The fourth-order valence-electron chi connectivity index (χ4n) is 1.58. The smallest absolute Gasteiger partial charge is 0.338 e. The first kappa shape index (κ1) is 15.7. The van der Waals surface area contributed by atoms with E-state index in [1.54, 1.807) is 13.0 Å². The number of anilines is 1. The van der Waals surface area contributed by atoms with E-state index in [4.69, 9.17) is 22.1 Å². The summed E-state index contributed by atoms with van der Waals surface area (Å²) in [6.45, 7) is 4.09. The number of carbonyl (C=O) groups is 1. The SMILES string of the molecule is CCCOC(=O)c1cc(N)c(Sc2n[nH]c(C)n2)c(Cl)c1. The summed E-state index contributed by atoms with van der Waals surface area (Å²) in [6, 6.07) is 3.09. The van der Waals surface area contributed by atoms with Crippen molar-refractivity contribution in [3.05, 3.63) is 28.5 Å². The lowest BCUT2D eigenvalue weighted by Gasteiger charge is -2.09. The van der Waals surface area contributed by atoms with Crippen LogP contribution in [-0.4, -0.2) is 27.8 Å². The van der Waals surface area contributed by atoms with Crippen LogP contribution in [-0.2, 0) is 4.74 Å². The van der Waals surface area contributed by atoms with Gasteiger partial charge in [-0.1, -0.05) is 18.5 Å². The fourth-order valence-corrected chi connectivity index (χ4v) is 2.71. The van der Waals surface area contributed by atoms with E-state index in [1.807, 2.05) is 6.92 Å². The second-order valence-electron chi connectivity index (χ2n) is 4.32. The van der Waals surface area contributed by atoms with Gasteiger partial charge in [-0.05, 0) is 37.2 Å². The van der Waals surface area contributed by atoms with Crippen LogP contribution >= 0.6 is 23.4 Å². The number of benzene rings is 1. The van der Waals surface area contributed by atoms with Gasteiger partial charge in [-0.2, -0.15) is 0 Å². The maximum Gasteiger partial charge on any atom is 0.338 e. The first-order chi connectivity index (χ1) is 10.0. The molecule has 0 atom stereocenters. The van der Waals surface area contributed by atoms with Crippen molar-refractivity contribution in [2.75, 3.05) is 12.3 Å². The molecule has 0 saturated heterocycles. The standard InChI is InChI=1S/C13H15ClN4O2S/c1-3-4-20-12(19)8-5-9(14)11(10(15)6-8)21-13-16-7(2)17-18-13/h5-6H,3-4,15H2,1-2H3,(H,16,17,18). The quantitative estimate of drug-likeness (QED) is 0.647. The zero-order valence-electron chi connectivity index (χ0n) is 11.6. The van der Waals surface area contributed by atoms with Gasteiger partial charge in [-0.15, -0.1) is 5.10 Å². The molecule has 1 heterocycles. The maximum absolute atomic E-state index is 11.8. The Bertz CT molecular complexity index is 636. The number of halogens is 1. The molecule has 0 aliphatic rings. The molecule has 0 aliphatic heterocycles. The molecule has 0 spiro atoms. The number of carbonyl (C=O) groups excluding carboxylic acids is 1.